The average molecular weight is 369 g/mol. The Balaban J connectivity index is 1.55. The van der Waals surface area contributed by atoms with E-state index in [1.165, 1.54) is 6.33 Å². The largest absolute Gasteiger partial charge is 0.394 e. The first kappa shape index (κ1) is 17.8. The highest BCUT2D eigenvalue weighted by Crippen LogP contribution is 2.31. The first-order valence-corrected chi connectivity index (χ1v) is 9.13. The van der Waals surface area contributed by atoms with Crippen molar-refractivity contribution in [2.45, 2.75) is 37.6 Å². The van der Waals surface area contributed by atoms with Gasteiger partial charge in [0, 0.05) is 0 Å². The number of benzene rings is 1. The Morgan fingerprint density at radius 1 is 1.15 bits per heavy atom. The molecule has 1 saturated heterocycles. The number of hydrogen-bond donors (Lipinski definition) is 3. The van der Waals surface area contributed by atoms with Gasteiger partial charge in [-0.15, -0.1) is 0 Å². The minimum Gasteiger partial charge on any atom is -0.394 e. The lowest BCUT2D eigenvalue weighted by Crippen LogP contribution is -2.27. The average Bonchev–Trinajstić information content (AvgIpc) is 3.35. The van der Waals surface area contributed by atoms with Crippen LogP contribution in [0.4, 0.5) is 5.82 Å². The van der Waals surface area contributed by atoms with Crippen molar-refractivity contribution in [2.75, 3.05) is 18.5 Å². The number of aromatic nitrogens is 4. The van der Waals surface area contributed by atoms with E-state index in [0.29, 0.717) is 23.4 Å². The first-order chi connectivity index (χ1) is 13.3. The molecular weight excluding hydrogens is 346 g/mol. The summed E-state index contributed by atoms with van der Waals surface area (Å²) >= 11 is 0. The van der Waals surface area contributed by atoms with E-state index in [4.69, 9.17) is 4.74 Å². The van der Waals surface area contributed by atoms with Crippen molar-refractivity contribution in [1.29, 1.82) is 0 Å². The van der Waals surface area contributed by atoms with Gasteiger partial charge in [-0.2, -0.15) is 0 Å². The van der Waals surface area contributed by atoms with Crippen molar-refractivity contribution in [2.24, 2.45) is 0 Å². The standard InChI is InChI=1S/C19H23N5O3/c25-9-14(8-13-4-2-1-3-5-13)23-18-17-19(21-11-20-18)24(12-22-17)16-7-6-15(10-26)27-16/h1-5,11-12,14-16,25-26H,6-10H2,(H,20,21,23). The molecule has 8 heteroatoms. The van der Waals surface area contributed by atoms with Crippen molar-refractivity contribution in [3.8, 4) is 0 Å². The Morgan fingerprint density at radius 2 is 2.00 bits per heavy atom. The fourth-order valence-corrected chi connectivity index (χ4v) is 3.45. The van der Waals surface area contributed by atoms with Gasteiger partial charge in [0.2, 0.25) is 0 Å². The third kappa shape index (κ3) is 3.78. The molecule has 2 aromatic heterocycles. The van der Waals surface area contributed by atoms with Crippen LogP contribution in [0.2, 0.25) is 0 Å². The van der Waals surface area contributed by atoms with Crippen LogP contribution in [0.5, 0.6) is 0 Å². The lowest BCUT2D eigenvalue weighted by molar-refractivity contribution is -0.0207. The Kier molecular flexibility index (Phi) is 5.28. The molecule has 3 aromatic rings. The second-order valence-electron chi connectivity index (χ2n) is 6.73. The highest BCUT2D eigenvalue weighted by molar-refractivity contribution is 5.82. The molecule has 8 nitrogen and oxygen atoms in total. The van der Waals surface area contributed by atoms with E-state index in [-0.39, 0.29) is 31.6 Å². The Hall–Kier alpha value is -2.55. The summed E-state index contributed by atoms with van der Waals surface area (Å²) in [5, 5.41) is 22.3. The normalized spacial score (nSPS) is 20.8. The summed E-state index contributed by atoms with van der Waals surface area (Å²) in [5.74, 6) is 0.588. The summed E-state index contributed by atoms with van der Waals surface area (Å²) in [6, 6.07) is 9.81. The maximum atomic E-state index is 9.78. The van der Waals surface area contributed by atoms with Crippen LogP contribution in [-0.4, -0.2) is 55.1 Å². The smallest absolute Gasteiger partial charge is 0.167 e. The predicted molar refractivity (Wildman–Crippen MR) is 100 cm³/mol. The van der Waals surface area contributed by atoms with E-state index in [0.717, 1.165) is 18.4 Å². The zero-order valence-electron chi connectivity index (χ0n) is 14.9. The SMILES string of the molecule is OCC(Cc1ccccc1)Nc1ncnc2c1ncn2C1CCC(CO)O1. The molecule has 0 bridgehead atoms. The maximum absolute atomic E-state index is 9.78. The van der Waals surface area contributed by atoms with Gasteiger partial charge in [0.05, 0.1) is 31.7 Å². The molecule has 0 saturated carbocycles. The van der Waals surface area contributed by atoms with Gasteiger partial charge in [0.25, 0.3) is 0 Å². The molecule has 1 aliphatic rings. The van der Waals surface area contributed by atoms with Gasteiger partial charge in [-0.25, -0.2) is 15.0 Å². The molecule has 1 fully saturated rings. The Morgan fingerprint density at radius 3 is 2.74 bits per heavy atom. The van der Waals surface area contributed by atoms with E-state index in [1.54, 1.807) is 6.33 Å². The molecule has 0 amide bonds. The molecule has 4 rings (SSSR count). The summed E-state index contributed by atoms with van der Waals surface area (Å²) in [6.45, 7) is -0.00635. The van der Waals surface area contributed by atoms with Gasteiger partial charge >= 0.3 is 0 Å². The van der Waals surface area contributed by atoms with Crippen molar-refractivity contribution in [3.63, 3.8) is 0 Å². The highest BCUT2D eigenvalue weighted by Gasteiger charge is 2.28. The van der Waals surface area contributed by atoms with Gasteiger partial charge in [0.15, 0.2) is 17.0 Å². The second kappa shape index (κ2) is 7.99. The quantitative estimate of drug-likeness (QED) is 0.580. The van der Waals surface area contributed by atoms with Crippen molar-refractivity contribution in [1.82, 2.24) is 19.5 Å². The number of rotatable bonds is 7. The number of hydrogen-bond acceptors (Lipinski definition) is 7. The molecule has 27 heavy (non-hydrogen) atoms. The predicted octanol–water partition coefficient (Wildman–Crippen LogP) is 1.51. The fraction of sp³-hybridized carbons (Fsp3) is 0.421. The topological polar surface area (TPSA) is 105 Å². The van der Waals surface area contributed by atoms with Gasteiger partial charge in [-0.05, 0) is 24.8 Å². The number of imidazole rings is 1. The molecule has 1 aromatic carbocycles. The molecule has 0 aliphatic carbocycles. The lowest BCUT2D eigenvalue weighted by atomic mass is 10.1. The number of aliphatic hydroxyl groups is 2. The van der Waals surface area contributed by atoms with Crippen LogP contribution >= 0.6 is 0 Å². The van der Waals surface area contributed by atoms with Crippen molar-refractivity contribution in [3.05, 3.63) is 48.5 Å². The summed E-state index contributed by atoms with van der Waals surface area (Å²) in [5.41, 5.74) is 2.45. The highest BCUT2D eigenvalue weighted by atomic mass is 16.5. The third-order valence-corrected chi connectivity index (χ3v) is 4.84. The fourth-order valence-electron chi connectivity index (χ4n) is 3.45. The third-order valence-electron chi connectivity index (χ3n) is 4.84. The van der Waals surface area contributed by atoms with Gasteiger partial charge in [-0.1, -0.05) is 30.3 Å². The van der Waals surface area contributed by atoms with Crippen LogP contribution in [0.25, 0.3) is 11.2 Å². The molecule has 142 valence electrons. The first-order valence-electron chi connectivity index (χ1n) is 9.13. The Bertz CT molecular complexity index is 885. The van der Waals surface area contributed by atoms with Crippen LogP contribution in [0.1, 0.15) is 24.6 Å². The number of fused-ring (bicyclic) bond motifs is 1. The molecular formula is C19H23N5O3. The van der Waals surface area contributed by atoms with Crippen LogP contribution in [0.3, 0.4) is 0 Å². The molecule has 3 atom stereocenters. The molecule has 0 radical (unpaired) electrons. The van der Waals surface area contributed by atoms with Crippen LogP contribution < -0.4 is 5.32 Å². The van der Waals surface area contributed by atoms with E-state index >= 15 is 0 Å². The molecule has 3 heterocycles. The number of nitrogens with zero attached hydrogens (tertiary/aromatic N) is 4. The number of ether oxygens (including phenoxy) is 1. The van der Waals surface area contributed by atoms with Crippen molar-refractivity contribution >= 4 is 17.0 Å². The zero-order valence-corrected chi connectivity index (χ0v) is 14.9. The van der Waals surface area contributed by atoms with Gasteiger partial charge in [0.1, 0.15) is 12.6 Å². The molecule has 0 spiro atoms. The van der Waals surface area contributed by atoms with E-state index in [2.05, 4.69) is 20.3 Å². The number of anilines is 1. The van der Waals surface area contributed by atoms with Crippen molar-refractivity contribution < 1.29 is 14.9 Å². The Labute approximate surface area is 156 Å². The van der Waals surface area contributed by atoms with E-state index in [9.17, 15) is 10.2 Å². The summed E-state index contributed by atoms with van der Waals surface area (Å²) < 4.78 is 7.71. The van der Waals surface area contributed by atoms with E-state index < -0.39 is 0 Å². The van der Waals surface area contributed by atoms with Gasteiger partial charge in [-0.3, -0.25) is 4.57 Å². The number of aliphatic hydroxyl groups excluding tert-OH is 2. The van der Waals surface area contributed by atoms with E-state index in [1.807, 2.05) is 34.9 Å². The number of nitrogens with one attached hydrogen (secondary N) is 1. The minimum absolute atomic E-state index is 0.0165. The van der Waals surface area contributed by atoms with Crippen LogP contribution in [0, 0.1) is 0 Å². The zero-order chi connectivity index (χ0) is 18.6. The maximum Gasteiger partial charge on any atom is 0.167 e. The van der Waals surface area contributed by atoms with Crippen LogP contribution in [0.15, 0.2) is 43.0 Å². The molecule has 3 unspecified atom stereocenters. The monoisotopic (exact) mass is 369 g/mol. The van der Waals surface area contributed by atoms with Gasteiger partial charge < -0.3 is 20.3 Å². The lowest BCUT2D eigenvalue weighted by Gasteiger charge is -2.17. The summed E-state index contributed by atoms with van der Waals surface area (Å²) in [6.07, 6.45) is 5.13. The summed E-state index contributed by atoms with van der Waals surface area (Å²) in [7, 11) is 0. The molecule has 3 N–H and O–H groups in total. The second-order valence-corrected chi connectivity index (χ2v) is 6.73. The summed E-state index contributed by atoms with van der Waals surface area (Å²) in [4.78, 5) is 13.1. The molecule has 1 aliphatic heterocycles. The minimum atomic E-state index is -0.187. The van der Waals surface area contributed by atoms with Crippen LogP contribution in [-0.2, 0) is 11.2 Å².